The van der Waals surface area contributed by atoms with E-state index in [0.717, 1.165) is 17.0 Å². The molecule has 7 nitrogen and oxygen atoms in total. The predicted octanol–water partition coefficient (Wildman–Crippen LogP) is 3.07. The van der Waals surface area contributed by atoms with Crippen LogP contribution < -0.4 is 16.0 Å². The van der Waals surface area contributed by atoms with Gasteiger partial charge in [0.15, 0.2) is 11.0 Å². The van der Waals surface area contributed by atoms with Gasteiger partial charge in [0.05, 0.1) is 12.4 Å². The topological polar surface area (TPSA) is 95.1 Å². The van der Waals surface area contributed by atoms with Crippen molar-refractivity contribution in [3.8, 4) is 22.8 Å². The van der Waals surface area contributed by atoms with Crippen LogP contribution in [0.25, 0.3) is 17.1 Å². The van der Waals surface area contributed by atoms with Crippen LogP contribution in [0.2, 0.25) is 5.02 Å². The number of hydrogen-bond acceptors (Lipinski definition) is 6. The number of carbonyl (C=O) groups excluding carboxylic acids is 1. The first kappa shape index (κ1) is 19.2. The number of halogens is 1. The number of benzene rings is 2. The molecule has 0 aliphatic heterocycles. The zero-order valence-corrected chi connectivity index (χ0v) is 16.1. The van der Waals surface area contributed by atoms with Crippen LogP contribution in [0.1, 0.15) is 6.92 Å². The van der Waals surface area contributed by atoms with E-state index in [0.29, 0.717) is 22.6 Å². The number of amides is 1. The van der Waals surface area contributed by atoms with E-state index in [-0.39, 0.29) is 11.7 Å². The predicted molar refractivity (Wildman–Crippen MR) is 106 cm³/mol. The fourth-order valence-electron chi connectivity index (χ4n) is 2.41. The van der Waals surface area contributed by atoms with E-state index >= 15 is 0 Å². The highest BCUT2D eigenvalue weighted by atomic mass is 35.5. The van der Waals surface area contributed by atoms with Gasteiger partial charge in [0.1, 0.15) is 5.75 Å². The summed E-state index contributed by atoms with van der Waals surface area (Å²) in [4.78, 5) is 11.5. The van der Waals surface area contributed by atoms with Crippen LogP contribution in [-0.4, -0.2) is 33.0 Å². The Morgan fingerprint density at radius 2 is 1.89 bits per heavy atom. The summed E-state index contributed by atoms with van der Waals surface area (Å²) >= 11 is 7.24. The molecule has 27 heavy (non-hydrogen) atoms. The van der Waals surface area contributed by atoms with Crippen molar-refractivity contribution in [2.75, 3.05) is 12.4 Å². The summed E-state index contributed by atoms with van der Waals surface area (Å²) in [6.07, 6.45) is 0. The number of rotatable bonds is 7. The maximum atomic E-state index is 11.5. The minimum absolute atomic E-state index is 0.131. The van der Waals surface area contributed by atoms with Crippen LogP contribution in [0.5, 0.6) is 5.75 Å². The number of nitrogens with two attached hydrogens (primary N) is 1. The fraction of sp³-hybridized carbons (Fsp3) is 0.167. The van der Waals surface area contributed by atoms with Crippen molar-refractivity contribution in [2.24, 2.45) is 5.84 Å². The van der Waals surface area contributed by atoms with Gasteiger partial charge in [0, 0.05) is 16.3 Å². The number of nitrogens with one attached hydrogen (secondary N) is 1. The second kappa shape index (κ2) is 8.90. The number of carbonyl (C=O) groups is 1. The summed E-state index contributed by atoms with van der Waals surface area (Å²) in [5.41, 5.74) is 3.82. The standard InChI is InChI=1S/C18H18ClN5O2S/c1-2-26-15-9-7-14(8-10-15)24-17(12-3-5-13(19)6-4-12)22-23-18(24)27-11-16(25)21-20/h3-10H,2,11,20H2,1H3,(H,21,25). The molecule has 0 aliphatic carbocycles. The third-order valence-electron chi connectivity index (χ3n) is 3.64. The number of hydrogen-bond donors (Lipinski definition) is 2. The molecule has 0 saturated carbocycles. The zero-order chi connectivity index (χ0) is 19.2. The van der Waals surface area contributed by atoms with Crippen molar-refractivity contribution in [2.45, 2.75) is 12.1 Å². The molecule has 3 N–H and O–H groups in total. The second-order valence-corrected chi connectivity index (χ2v) is 6.81. The minimum atomic E-state index is -0.297. The lowest BCUT2D eigenvalue weighted by molar-refractivity contribution is -0.118. The maximum Gasteiger partial charge on any atom is 0.244 e. The first-order valence-electron chi connectivity index (χ1n) is 8.19. The number of nitrogens with zero attached hydrogens (tertiary/aromatic N) is 3. The normalized spacial score (nSPS) is 10.6. The Morgan fingerprint density at radius 3 is 2.52 bits per heavy atom. The van der Waals surface area contributed by atoms with Gasteiger partial charge in [-0.3, -0.25) is 14.8 Å². The average molecular weight is 404 g/mol. The van der Waals surface area contributed by atoms with E-state index in [1.807, 2.05) is 47.9 Å². The van der Waals surface area contributed by atoms with Crippen LogP contribution in [-0.2, 0) is 4.79 Å². The number of thioether (sulfide) groups is 1. The number of ether oxygens (including phenoxy) is 1. The Morgan fingerprint density at radius 1 is 1.19 bits per heavy atom. The molecule has 0 spiro atoms. The van der Waals surface area contributed by atoms with Gasteiger partial charge < -0.3 is 4.74 Å². The lowest BCUT2D eigenvalue weighted by atomic mass is 10.2. The Balaban J connectivity index is 2.02. The highest BCUT2D eigenvalue weighted by Gasteiger charge is 2.17. The third-order valence-corrected chi connectivity index (χ3v) is 4.82. The highest BCUT2D eigenvalue weighted by molar-refractivity contribution is 7.99. The van der Waals surface area contributed by atoms with Crippen LogP contribution in [0.4, 0.5) is 0 Å². The monoisotopic (exact) mass is 403 g/mol. The molecule has 0 aliphatic rings. The van der Waals surface area contributed by atoms with Gasteiger partial charge in [0.2, 0.25) is 5.91 Å². The summed E-state index contributed by atoms with van der Waals surface area (Å²) in [5.74, 6) is 6.41. The van der Waals surface area contributed by atoms with E-state index in [1.54, 1.807) is 12.1 Å². The van der Waals surface area contributed by atoms with Crippen molar-refractivity contribution < 1.29 is 9.53 Å². The largest absolute Gasteiger partial charge is 0.494 e. The Bertz CT molecular complexity index is 913. The van der Waals surface area contributed by atoms with Gasteiger partial charge in [-0.15, -0.1) is 10.2 Å². The Kier molecular flexibility index (Phi) is 6.33. The van der Waals surface area contributed by atoms with E-state index in [9.17, 15) is 4.79 Å². The molecular formula is C18H18ClN5O2S. The lowest BCUT2D eigenvalue weighted by Gasteiger charge is -2.11. The molecule has 1 amide bonds. The van der Waals surface area contributed by atoms with E-state index < -0.39 is 0 Å². The quantitative estimate of drug-likeness (QED) is 0.272. The van der Waals surface area contributed by atoms with Crippen LogP contribution in [0.15, 0.2) is 53.7 Å². The summed E-state index contributed by atoms with van der Waals surface area (Å²) < 4.78 is 7.39. The molecule has 9 heteroatoms. The van der Waals surface area contributed by atoms with E-state index in [1.165, 1.54) is 11.8 Å². The first-order valence-corrected chi connectivity index (χ1v) is 9.55. The van der Waals surface area contributed by atoms with Gasteiger partial charge in [-0.05, 0) is 55.5 Å². The Labute approximate surface area is 165 Å². The minimum Gasteiger partial charge on any atom is -0.494 e. The van der Waals surface area contributed by atoms with Crippen molar-refractivity contribution in [3.05, 3.63) is 53.6 Å². The number of aromatic nitrogens is 3. The summed E-state index contributed by atoms with van der Waals surface area (Å²) in [6, 6.07) is 14.9. The maximum absolute atomic E-state index is 11.5. The third kappa shape index (κ3) is 4.60. The molecule has 3 rings (SSSR count). The van der Waals surface area contributed by atoms with Crippen molar-refractivity contribution >= 4 is 29.3 Å². The van der Waals surface area contributed by atoms with Crippen molar-refractivity contribution in [3.63, 3.8) is 0 Å². The molecule has 0 radical (unpaired) electrons. The zero-order valence-electron chi connectivity index (χ0n) is 14.6. The molecule has 0 saturated heterocycles. The number of hydrazine groups is 1. The molecule has 2 aromatic carbocycles. The van der Waals surface area contributed by atoms with Gasteiger partial charge >= 0.3 is 0 Å². The molecule has 0 bridgehead atoms. The van der Waals surface area contributed by atoms with Gasteiger partial charge in [-0.1, -0.05) is 23.4 Å². The van der Waals surface area contributed by atoms with Crippen LogP contribution in [0, 0.1) is 0 Å². The van der Waals surface area contributed by atoms with Gasteiger partial charge in [0.25, 0.3) is 0 Å². The fourth-order valence-corrected chi connectivity index (χ4v) is 3.30. The van der Waals surface area contributed by atoms with Gasteiger partial charge in [-0.25, -0.2) is 5.84 Å². The van der Waals surface area contributed by atoms with E-state index in [2.05, 4.69) is 15.6 Å². The first-order chi connectivity index (χ1) is 13.1. The molecule has 0 unspecified atom stereocenters. The van der Waals surface area contributed by atoms with Crippen LogP contribution in [0.3, 0.4) is 0 Å². The van der Waals surface area contributed by atoms with Gasteiger partial charge in [-0.2, -0.15) is 0 Å². The molecule has 0 atom stereocenters. The summed E-state index contributed by atoms with van der Waals surface area (Å²) in [6.45, 7) is 2.53. The molecule has 3 aromatic rings. The smallest absolute Gasteiger partial charge is 0.244 e. The Hall–Kier alpha value is -2.55. The SMILES string of the molecule is CCOc1ccc(-n2c(SCC(=O)NN)nnc2-c2ccc(Cl)cc2)cc1. The van der Waals surface area contributed by atoms with Crippen molar-refractivity contribution in [1.29, 1.82) is 0 Å². The highest BCUT2D eigenvalue weighted by Crippen LogP contribution is 2.29. The molecule has 1 aromatic heterocycles. The molecule has 140 valence electrons. The molecule has 0 fully saturated rings. The lowest BCUT2D eigenvalue weighted by Crippen LogP contribution is -2.31. The molecule has 1 heterocycles. The second-order valence-electron chi connectivity index (χ2n) is 5.43. The van der Waals surface area contributed by atoms with Crippen molar-refractivity contribution in [1.82, 2.24) is 20.2 Å². The summed E-state index contributed by atoms with van der Waals surface area (Å²) in [7, 11) is 0. The van der Waals surface area contributed by atoms with Crippen LogP contribution >= 0.6 is 23.4 Å². The van der Waals surface area contributed by atoms with E-state index in [4.69, 9.17) is 22.2 Å². The average Bonchev–Trinajstić information content (AvgIpc) is 3.11. The summed E-state index contributed by atoms with van der Waals surface area (Å²) in [5, 5.41) is 9.77. The molecular weight excluding hydrogens is 386 g/mol.